The van der Waals surface area contributed by atoms with Gasteiger partial charge < -0.3 is 9.84 Å². The van der Waals surface area contributed by atoms with Crippen LogP contribution in [0.3, 0.4) is 0 Å². The Morgan fingerprint density at radius 1 is 1.25 bits per heavy atom. The van der Waals surface area contributed by atoms with Crippen LogP contribution >= 0.6 is 0 Å². The zero-order valence-electron chi connectivity index (χ0n) is 14.7. The Kier molecular flexibility index (Phi) is 5.96. The van der Waals surface area contributed by atoms with E-state index in [1.54, 1.807) is 0 Å². The van der Waals surface area contributed by atoms with Crippen LogP contribution in [-0.4, -0.2) is 15.1 Å². The van der Waals surface area contributed by atoms with Crippen molar-refractivity contribution in [3.8, 4) is 0 Å². The maximum atomic E-state index is 5.40. The molecule has 1 N–H and O–H groups in total. The summed E-state index contributed by atoms with van der Waals surface area (Å²) < 4.78 is 5.40. The maximum absolute atomic E-state index is 5.40. The summed E-state index contributed by atoms with van der Waals surface area (Å²) >= 11 is 0. The molecule has 1 fully saturated rings. The second kappa shape index (κ2) is 8.38. The minimum atomic E-state index is 0.305. The lowest BCUT2D eigenvalue weighted by Crippen LogP contribution is -2.29. The third-order valence-corrected chi connectivity index (χ3v) is 4.74. The van der Waals surface area contributed by atoms with E-state index < -0.39 is 0 Å². The van der Waals surface area contributed by atoms with Crippen LogP contribution in [0.1, 0.15) is 69.3 Å². The molecule has 1 aliphatic carbocycles. The Hall–Kier alpha value is -1.75. The van der Waals surface area contributed by atoms with Gasteiger partial charge in [-0.15, -0.1) is 0 Å². The minimum Gasteiger partial charge on any atom is -0.338 e. The predicted octanol–water partition coefficient (Wildman–Crippen LogP) is 4.07. The van der Waals surface area contributed by atoms with Gasteiger partial charge in [0.05, 0.1) is 6.54 Å². The second-order valence-electron chi connectivity index (χ2n) is 7.25. The van der Waals surface area contributed by atoms with Crippen LogP contribution in [0.4, 0.5) is 0 Å². The third-order valence-electron chi connectivity index (χ3n) is 4.74. The topological polar surface area (TPSA) is 63.8 Å². The van der Waals surface area contributed by atoms with Gasteiger partial charge in [-0.1, -0.05) is 44.3 Å². The summed E-state index contributed by atoms with van der Waals surface area (Å²) in [6.45, 7) is 4.94. The molecule has 0 unspecified atom stereocenters. The van der Waals surface area contributed by atoms with Crippen molar-refractivity contribution < 1.29 is 4.52 Å². The van der Waals surface area contributed by atoms with E-state index in [1.807, 2.05) is 18.5 Å². The Balaban J connectivity index is 1.66. The van der Waals surface area contributed by atoms with Gasteiger partial charge in [0.2, 0.25) is 5.89 Å². The first-order valence-electron chi connectivity index (χ1n) is 9.17. The number of aromatic nitrogens is 3. The van der Waals surface area contributed by atoms with Crippen LogP contribution < -0.4 is 5.32 Å². The highest BCUT2D eigenvalue weighted by Crippen LogP contribution is 2.34. The molecule has 130 valence electrons. The van der Waals surface area contributed by atoms with Crippen molar-refractivity contribution in [2.24, 2.45) is 11.8 Å². The molecule has 2 aromatic rings. The molecule has 2 aromatic heterocycles. The van der Waals surface area contributed by atoms with Crippen molar-refractivity contribution >= 4 is 0 Å². The zero-order valence-corrected chi connectivity index (χ0v) is 14.7. The first kappa shape index (κ1) is 17.1. The summed E-state index contributed by atoms with van der Waals surface area (Å²) in [4.78, 5) is 8.81. The molecule has 1 saturated carbocycles. The van der Waals surface area contributed by atoms with Crippen molar-refractivity contribution in [2.45, 2.75) is 65.0 Å². The van der Waals surface area contributed by atoms with E-state index in [-0.39, 0.29) is 0 Å². The normalized spacial score (nSPS) is 17.3. The highest BCUT2D eigenvalue weighted by atomic mass is 16.5. The van der Waals surface area contributed by atoms with Crippen molar-refractivity contribution in [1.82, 2.24) is 20.4 Å². The van der Waals surface area contributed by atoms with E-state index in [0.717, 1.165) is 12.2 Å². The number of pyridine rings is 1. The van der Waals surface area contributed by atoms with Crippen LogP contribution in [0.15, 0.2) is 29.0 Å². The van der Waals surface area contributed by atoms with E-state index >= 15 is 0 Å². The lowest BCUT2D eigenvalue weighted by Gasteiger charge is -2.31. The van der Waals surface area contributed by atoms with E-state index in [1.165, 1.54) is 37.7 Å². The molecule has 2 heterocycles. The van der Waals surface area contributed by atoms with Gasteiger partial charge in [-0.2, -0.15) is 4.98 Å². The summed E-state index contributed by atoms with van der Waals surface area (Å²) in [5.41, 5.74) is 1.26. The highest BCUT2D eigenvalue weighted by Gasteiger charge is 2.25. The smallest absolute Gasteiger partial charge is 0.240 e. The van der Waals surface area contributed by atoms with Crippen LogP contribution in [0.5, 0.6) is 0 Å². The molecule has 0 radical (unpaired) electrons. The number of hydrogen-bond acceptors (Lipinski definition) is 5. The molecule has 24 heavy (non-hydrogen) atoms. The van der Waals surface area contributed by atoms with Crippen molar-refractivity contribution in [1.29, 1.82) is 0 Å². The van der Waals surface area contributed by atoms with Crippen LogP contribution in [-0.2, 0) is 13.0 Å². The Morgan fingerprint density at radius 2 is 2.08 bits per heavy atom. The lowest BCUT2D eigenvalue weighted by atomic mass is 9.81. The summed E-state index contributed by atoms with van der Waals surface area (Å²) in [6.07, 6.45) is 11.2. The van der Waals surface area contributed by atoms with Crippen LogP contribution in [0.2, 0.25) is 0 Å². The fourth-order valence-electron chi connectivity index (χ4n) is 3.59. The van der Waals surface area contributed by atoms with Gasteiger partial charge in [-0.3, -0.25) is 4.98 Å². The van der Waals surface area contributed by atoms with Gasteiger partial charge in [0.1, 0.15) is 0 Å². The molecular formula is C19H28N4O. The number of nitrogens with one attached hydrogen (secondary N) is 1. The van der Waals surface area contributed by atoms with E-state index in [0.29, 0.717) is 30.3 Å². The average molecular weight is 328 g/mol. The average Bonchev–Trinajstić information content (AvgIpc) is 3.04. The van der Waals surface area contributed by atoms with Gasteiger partial charge in [0, 0.05) is 24.9 Å². The molecule has 1 aliphatic rings. The molecule has 5 nitrogen and oxygen atoms in total. The molecule has 0 spiro atoms. The number of rotatable bonds is 7. The fourth-order valence-corrected chi connectivity index (χ4v) is 3.59. The minimum absolute atomic E-state index is 0.305. The molecule has 5 heteroatoms. The SMILES string of the molecule is CC(C)Cc1noc(CN[C@@H](c2cccnc2)C2CCCCC2)n1. The quantitative estimate of drug-likeness (QED) is 0.830. The van der Waals surface area contributed by atoms with Gasteiger partial charge in [0.25, 0.3) is 0 Å². The van der Waals surface area contributed by atoms with Crippen LogP contribution in [0.25, 0.3) is 0 Å². The summed E-state index contributed by atoms with van der Waals surface area (Å²) in [5.74, 6) is 2.67. The first-order chi connectivity index (χ1) is 11.7. The summed E-state index contributed by atoms with van der Waals surface area (Å²) in [5, 5.41) is 7.73. The Labute approximate surface area is 144 Å². The van der Waals surface area contributed by atoms with Gasteiger partial charge in [-0.25, -0.2) is 0 Å². The van der Waals surface area contributed by atoms with Gasteiger partial charge in [0.15, 0.2) is 5.82 Å². The van der Waals surface area contributed by atoms with E-state index in [9.17, 15) is 0 Å². The first-order valence-corrected chi connectivity index (χ1v) is 9.17. The Bertz CT molecular complexity index is 605. The Morgan fingerprint density at radius 3 is 2.79 bits per heavy atom. The van der Waals surface area contributed by atoms with Crippen molar-refractivity contribution in [3.63, 3.8) is 0 Å². The highest BCUT2D eigenvalue weighted by molar-refractivity contribution is 5.15. The molecule has 3 rings (SSSR count). The van der Waals surface area contributed by atoms with E-state index in [2.05, 4.69) is 40.4 Å². The third kappa shape index (κ3) is 4.63. The van der Waals surface area contributed by atoms with Crippen molar-refractivity contribution in [3.05, 3.63) is 41.8 Å². The van der Waals surface area contributed by atoms with Crippen LogP contribution in [0, 0.1) is 11.8 Å². The maximum Gasteiger partial charge on any atom is 0.240 e. The second-order valence-corrected chi connectivity index (χ2v) is 7.25. The molecular weight excluding hydrogens is 300 g/mol. The number of nitrogens with zero attached hydrogens (tertiary/aromatic N) is 3. The monoisotopic (exact) mass is 328 g/mol. The van der Waals surface area contributed by atoms with Gasteiger partial charge >= 0.3 is 0 Å². The number of hydrogen-bond donors (Lipinski definition) is 1. The molecule has 1 atom stereocenters. The summed E-state index contributed by atoms with van der Waals surface area (Å²) in [7, 11) is 0. The van der Waals surface area contributed by atoms with E-state index in [4.69, 9.17) is 4.52 Å². The standard InChI is InChI=1S/C19H28N4O/c1-14(2)11-17-22-18(24-23-17)13-21-19(15-7-4-3-5-8-15)16-9-6-10-20-12-16/h6,9-10,12,14-15,19,21H,3-5,7-8,11,13H2,1-2H3/t19-/m1/s1. The molecule has 0 saturated heterocycles. The van der Waals surface area contributed by atoms with Gasteiger partial charge in [-0.05, 0) is 36.3 Å². The molecule has 0 aliphatic heterocycles. The van der Waals surface area contributed by atoms with Crippen molar-refractivity contribution in [2.75, 3.05) is 0 Å². The zero-order chi connectivity index (χ0) is 16.8. The lowest BCUT2D eigenvalue weighted by molar-refractivity contribution is 0.259. The largest absolute Gasteiger partial charge is 0.338 e. The summed E-state index contributed by atoms with van der Waals surface area (Å²) in [6, 6.07) is 4.48. The fraction of sp³-hybridized carbons (Fsp3) is 0.632. The molecule has 0 amide bonds. The molecule has 0 bridgehead atoms. The molecule has 0 aromatic carbocycles. The predicted molar refractivity (Wildman–Crippen MR) is 93.2 cm³/mol.